The van der Waals surface area contributed by atoms with E-state index < -0.39 is 5.66 Å². The summed E-state index contributed by atoms with van der Waals surface area (Å²) >= 11 is 0. The standard InChI is InChI=1S/C23H29N9/c1-15-5-4-6-16(2)20(15)23(24)18-14-27-22(29-21(18)31(3)30-23)28-17-7-8-19(26-13-17)32-11-9-25-10-12-32/h4-8,13-14,25,30H,9-12,24H2,1-3H3,(H,27,28,29). The van der Waals surface area contributed by atoms with Crippen molar-refractivity contribution in [3.8, 4) is 0 Å². The first-order chi connectivity index (χ1) is 15.5. The number of hydrogen-bond acceptors (Lipinski definition) is 9. The van der Waals surface area contributed by atoms with Crippen LogP contribution in [0.2, 0.25) is 0 Å². The third-order valence-corrected chi connectivity index (χ3v) is 6.18. The lowest BCUT2D eigenvalue weighted by Gasteiger charge is -2.29. The Kier molecular flexibility index (Phi) is 5.16. The van der Waals surface area contributed by atoms with Crippen molar-refractivity contribution in [1.82, 2.24) is 25.7 Å². The van der Waals surface area contributed by atoms with Crippen molar-refractivity contribution >= 4 is 23.3 Å². The van der Waals surface area contributed by atoms with Crippen LogP contribution in [0.5, 0.6) is 0 Å². The lowest BCUT2D eigenvalue weighted by atomic mass is 9.88. The van der Waals surface area contributed by atoms with E-state index in [1.807, 2.05) is 36.5 Å². The zero-order chi connectivity index (χ0) is 22.3. The molecular formula is C23H29N9. The highest BCUT2D eigenvalue weighted by Crippen LogP contribution is 2.39. The summed E-state index contributed by atoms with van der Waals surface area (Å²) in [4.78, 5) is 16.2. The molecule has 5 N–H and O–H groups in total. The predicted molar refractivity (Wildman–Crippen MR) is 127 cm³/mol. The molecular weight excluding hydrogens is 402 g/mol. The fraction of sp³-hybridized carbons (Fsp3) is 0.348. The molecule has 3 aromatic rings. The van der Waals surface area contributed by atoms with Crippen LogP contribution in [0, 0.1) is 13.8 Å². The summed E-state index contributed by atoms with van der Waals surface area (Å²) in [5.74, 6) is 2.23. The molecule has 9 heteroatoms. The number of nitrogens with two attached hydrogens (primary N) is 1. The average molecular weight is 432 g/mol. The summed E-state index contributed by atoms with van der Waals surface area (Å²) in [6, 6.07) is 10.2. The number of hydrazine groups is 1. The van der Waals surface area contributed by atoms with Crippen molar-refractivity contribution in [3.05, 3.63) is 65.0 Å². The number of anilines is 4. The summed E-state index contributed by atoms with van der Waals surface area (Å²) < 4.78 is 0. The van der Waals surface area contributed by atoms with Crippen LogP contribution >= 0.6 is 0 Å². The van der Waals surface area contributed by atoms with Crippen LogP contribution in [0.25, 0.3) is 0 Å². The molecule has 0 amide bonds. The van der Waals surface area contributed by atoms with E-state index in [0.717, 1.165) is 65.8 Å². The first-order valence-corrected chi connectivity index (χ1v) is 10.9. The number of piperazine rings is 1. The Hall–Kier alpha value is -3.27. The first kappa shape index (κ1) is 20.6. The molecule has 2 aliphatic heterocycles. The maximum atomic E-state index is 6.90. The lowest BCUT2D eigenvalue weighted by Crippen LogP contribution is -2.52. The summed E-state index contributed by atoms with van der Waals surface area (Å²) in [6.07, 6.45) is 3.62. The molecule has 1 aromatic carbocycles. The van der Waals surface area contributed by atoms with Gasteiger partial charge in [-0.05, 0) is 42.7 Å². The van der Waals surface area contributed by atoms with Crippen LogP contribution in [0.4, 0.5) is 23.3 Å². The van der Waals surface area contributed by atoms with Crippen molar-refractivity contribution in [2.45, 2.75) is 19.5 Å². The highest BCUT2D eigenvalue weighted by Gasteiger charge is 2.43. The molecule has 0 saturated carbocycles. The van der Waals surface area contributed by atoms with E-state index in [1.165, 1.54) is 0 Å². The van der Waals surface area contributed by atoms with Gasteiger partial charge in [0, 0.05) is 39.4 Å². The van der Waals surface area contributed by atoms with E-state index in [2.05, 4.69) is 56.9 Å². The minimum absolute atomic E-state index is 0.500. The van der Waals surface area contributed by atoms with Gasteiger partial charge in [0.25, 0.3) is 0 Å². The molecule has 0 radical (unpaired) electrons. The Morgan fingerprint density at radius 2 is 1.78 bits per heavy atom. The van der Waals surface area contributed by atoms with Crippen molar-refractivity contribution < 1.29 is 0 Å². The highest BCUT2D eigenvalue weighted by atomic mass is 15.6. The normalized spacial score (nSPS) is 20.4. The largest absolute Gasteiger partial charge is 0.354 e. The number of fused-ring (bicyclic) bond motifs is 1. The molecule has 1 atom stereocenters. The number of aromatic nitrogens is 3. The number of rotatable bonds is 4. The SMILES string of the molecule is Cc1cccc(C)c1C1(N)NN(C)c2nc(Nc3ccc(N4CCNCC4)nc3)ncc21. The minimum Gasteiger partial charge on any atom is -0.354 e. The fourth-order valence-electron chi connectivity index (χ4n) is 4.64. The molecule has 32 heavy (non-hydrogen) atoms. The number of nitrogens with zero attached hydrogens (tertiary/aromatic N) is 5. The van der Waals surface area contributed by atoms with E-state index in [1.54, 1.807) is 6.20 Å². The molecule has 1 saturated heterocycles. The second-order valence-electron chi connectivity index (χ2n) is 8.44. The molecule has 4 heterocycles. The summed E-state index contributed by atoms with van der Waals surface area (Å²) in [5, 5.41) is 8.48. The van der Waals surface area contributed by atoms with Gasteiger partial charge in [-0.25, -0.2) is 15.4 Å². The van der Waals surface area contributed by atoms with Gasteiger partial charge in [0.1, 0.15) is 11.5 Å². The van der Waals surface area contributed by atoms with Gasteiger partial charge in [0.05, 0.1) is 17.4 Å². The van der Waals surface area contributed by atoms with Crippen molar-refractivity contribution in [1.29, 1.82) is 0 Å². The first-order valence-electron chi connectivity index (χ1n) is 10.9. The summed E-state index contributed by atoms with van der Waals surface area (Å²) in [6.45, 7) is 8.05. The Labute approximate surface area is 188 Å². The minimum atomic E-state index is -0.884. The molecule has 0 bridgehead atoms. The lowest BCUT2D eigenvalue weighted by molar-refractivity contribution is 0.442. The number of pyridine rings is 1. The number of nitrogens with one attached hydrogen (secondary N) is 3. The Morgan fingerprint density at radius 3 is 2.47 bits per heavy atom. The van der Waals surface area contributed by atoms with Crippen LogP contribution < -0.4 is 31.7 Å². The predicted octanol–water partition coefficient (Wildman–Crippen LogP) is 1.76. The van der Waals surface area contributed by atoms with Crippen molar-refractivity contribution in [3.63, 3.8) is 0 Å². The van der Waals surface area contributed by atoms with Gasteiger partial charge in [-0.1, -0.05) is 18.2 Å². The van der Waals surface area contributed by atoms with E-state index in [9.17, 15) is 0 Å². The molecule has 0 aliphatic carbocycles. The number of benzene rings is 1. The molecule has 2 aliphatic rings. The van der Waals surface area contributed by atoms with E-state index in [-0.39, 0.29) is 0 Å². The van der Waals surface area contributed by atoms with E-state index in [4.69, 9.17) is 10.7 Å². The Morgan fingerprint density at radius 1 is 1.03 bits per heavy atom. The van der Waals surface area contributed by atoms with Gasteiger partial charge in [0.15, 0.2) is 5.82 Å². The van der Waals surface area contributed by atoms with Crippen LogP contribution in [0.3, 0.4) is 0 Å². The maximum Gasteiger partial charge on any atom is 0.229 e. The third kappa shape index (κ3) is 3.54. The van der Waals surface area contributed by atoms with Crippen LogP contribution in [0.1, 0.15) is 22.3 Å². The van der Waals surface area contributed by atoms with Crippen LogP contribution in [-0.4, -0.2) is 48.2 Å². The summed E-state index contributed by atoms with van der Waals surface area (Å²) in [5.41, 5.74) is 14.4. The molecule has 1 fully saturated rings. The van der Waals surface area contributed by atoms with Gasteiger partial charge in [-0.3, -0.25) is 5.01 Å². The molecule has 1 unspecified atom stereocenters. The van der Waals surface area contributed by atoms with Gasteiger partial charge < -0.3 is 21.3 Å². The number of aryl methyl sites for hydroxylation is 2. The fourth-order valence-corrected chi connectivity index (χ4v) is 4.64. The van der Waals surface area contributed by atoms with Crippen LogP contribution in [-0.2, 0) is 5.66 Å². The van der Waals surface area contributed by atoms with Crippen LogP contribution in [0.15, 0.2) is 42.7 Å². The average Bonchev–Trinajstić information content (AvgIpc) is 3.05. The van der Waals surface area contributed by atoms with Gasteiger partial charge in [-0.2, -0.15) is 4.98 Å². The Bertz CT molecular complexity index is 1100. The zero-order valence-electron chi connectivity index (χ0n) is 18.7. The monoisotopic (exact) mass is 431 g/mol. The van der Waals surface area contributed by atoms with Gasteiger partial charge in [-0.15, -0.1) is 0 Å². The number of hydrogen-bond donors (Lipinski definition) is 4. The van der Waals surface area contributed by atoms with E-state index in [0.29, 0.717) is 5.95 Å². The highest BCUT2D eigenvalue weighted by molar-refractivity contribution is 5.63. The molecule has 2 aromatic heterocycles. The maximum absolute atomic E-state index is 6.90. The van der Waals surface area contributed by atoms with Gasteiger partial charge in [0.2, 0.25) is 5.95 Å². The molecule has 166 valence electrons. The molecule has 5 rings (SSSR count). The van der Waals surface area contributed by atoms with Crippen molar-refractivity contribution in [2.24, 2.45) is 5.73 Å². The van der Waals surface area contributed by atoms with Crippen molar-refractivity contribution in [2.75, 3.05) is 48.5 Å². The third-order valence-electron chi connectivity index (χ3n) is 6.18. The second-order valence-corrected chi connectivity index (χ2v) is 8.44. The zero-order valence-corrected chi connectivity index (χ0v) is 18.7. The summed E-state index contributed by atoms with van der Waals surface area (Å²) in [7, 11) is 1.92. The smallest absolute Gasteiger partial charge is 0.229 e. The Balaban J connectivity index is 1.40. The topological polar surface area (TPSA) is 107 Å². The van der Waals surface area contributed by atoms with Gasteiger partial charge >= 0.3 is 0 Å². The quantitative estimate of drug-likeness (QED) is 0.491. The van der Waals surface area contributed by atoms with E-state index >= 15 is 0 Å². The second kappa shape index (κ2) is 8.01. The molecule has 9 nitrogen and oxygen atoms in total. The molecule has 0 spiro atoms.